The molecule has 1 aromatic carbocycles. The van der Waals surface area contributed by atoms with Gasteiger partial charge < -0.3 is 5.32 Å². The topological polar surface area (TPSA) is 48.5 Å². The van der Waals surface area contributed by atoms with Gasteiger partial charge in [-0.15, -0.1) is 11.3 Å². The van der Waals surface area contributed by atoms with Crippen molar-refractivity contribution in [3.8, 4) is 0 Å². The Labute approximate surface area is 166 Å². The molecule has 1 amide bonds. The Hall–Kier alpha value is -1.76. The fraction of sp³-hybridized carbons (Fsp3) is 0.524. The number of piperazine rings is 1. The van der Waals surface area contributed by atoms with Crippen LogP contribution in [0, 0.1) is 13.8 Å². The summed E-state index contributed by atoms with van der Waals surface area (Å²) in [5, 5.41) is 6.42. The Balaban J connectivity index is 1.50. The van der Waals surface area contributed by atoms with E-state index in [0.29, 0.717) is 12.5 Å². The van der Waals surface area contributed by atoms with Crippen molar-refractivity contribution in [2.24, 2.45) is 0 Å². The van der Waals surface area contributed by atoms with Crippen molar-refractivity contribution >= 4 is 22.9 Å². The van der Waals surface area contributed by atoms with Crippen LogP contribution in [0.25, 0.3) is 0 Å². The summed E-state index contributed by atoms with van der Waals surface area (Å²) in [5.41, 5.74) is 4.46. The highest BCUT2D eigenvalue weighted by molar-refractivity contribution is 7.09. The van der Waals surface area contributed by atoms with Gasteiger partial charge in [-0.2, -0.15) is 0 Å². The highest BCUT2D eigenvalue weighted by Crippen LogP contribution is 2.27. The lowest BCUT2D eigenvalue weighted by Crippen LogP contribution is -2.48. The molecular formula is C21H30N4OS. The van der Waals surface area contributed by atoms with Crippen molar-refractivity contribution < 1.29 is 4.79 Å². The van der Waals surface area contributed by atoms with Crippen molar-refractivity contribution in [2.45, 2.75) is 40.2 Å². The minimum absolute atomic E-state index is 0.0785. The molecular weight excluding hydrogens is 356 g/mol. The van der Waals surface area contributed by atoms with E-state index in [0.717, 1.165) is 54.7 Å². The van der Waals surface area contributed by atoms with Gasteiger partial charge in [0.05, 0.1) is 17.2 Å². The Morgan fingerprint density at radius 3 is 2.52 bits per heavy atom. The minimum Gasteiger partial charge on any atom is -0.324 e. The zero-order valence-electron chi connectivity index (χ0n) is 16.8. The van der Waals surface area contributed by atoms with Gasteiger partial charge in [-0.3, -0.25) is 14.6 Å². The Morgan fingerprint density at radius 2 is 1.89 bits per heavy atom. The monoisotopic (exact) mass is 386 g/mol. The average molecular weight is 387 g/mol. The van der Waals surface area contributed by atoms with Crippen LogP contribution in [0.2, 0.25) is 0 Å². The predicted molar refractivity (Wildman–Crippen MR) is 112 cm³/mol. The highest BCUT2D eigenvalue weighted by Gasteiger charge is 2.20. The van der Waals surface area contributed by atoms with E-state index in [9.17, 15) is 4.79 Å². The van der Waals surface area contributed by atoms with Crippen LogP contribution in [-0.2, 0) is 11.3 Å². The second kappa shape index (κ2) is 8.95. The largest absolute Gasteiger partial charge is 0.324 e. The molecule has 5 nitrogen and oxygen atoms in total. The average Bonchev–Trinajstić information content (AvgIpc) is 3.03. The van der Waals surface area contributed by atoms with Gasteiger partial charge in [-0.1, -0.05) is 32.0 Å². The molecule has 2 heterocycles. The maximum atomic E-state index is 12.6. The van der Waals surface area contributed by atoms with E-state index in [-0.39, 0.29) is 5.91 Å². The van der Waals surface area contributed by atoms with Crippen molar-refractivity contribution in [1.29, 1.82) is 0 Å². The van der Waals surface area contributed by atoms with Crippen molar-refractivity contribution in [3.63, 3.8) is 0 Å². The fourth-order valence-electron chi connectivity index (χ4n) is 3.54. The molecule has 1 saturated heterocycles. The van der Waals surface area contributed by atoms with E-state index in [2.05, 4.69) is 64.5 Å². The predicted octanol–water partition coefficient (Wildman–Crippen LogP) is 3.64. The molecule has 0 unspecified atom stereocenters. The van der Waals surface area contributed by atoms with Gasteiger partial charge in [-0.05, 0) is 30.9 Å². The van der Waals surface area contributed by atoms with Crippen molar-refractivity contribution in [1.82, 2.24) is 14.8 Å². The van der Waals surface area contributed by atoms with Crippen LogP contribution in [0.4, 0.5) is 5.69 Å². The number of amides is 1. The molecule has 0 saturated carbocycles. The standard InChI is InChI=1S/C21H30N4OS/c1-15(2)19-7-5-6-16(3)21(19)23-20(26)13-25-10-8-24(9-11-25)12-18-14-27-17(4)22-18/h5-7,14-15H,8-13H2,1-4H3,(H,23,26). The van der Waals surface area contributed by atoms with Crippen LogP contribution >= 0.6 is 11.3 Å². The summed E-state index contributed by atoms with van der Waals surface area (Å²) in [6.07, 6.45) is 0. The molecule has 0 radical (unpaired) electrons. The molecule has 0 spiro atoms. The van der Waals surface area contributed by atoms with Gasteiger partial charge in [0, 0.05) is 43.8 Å². The minimum atomic E-state index is 0.0785. The maximum absolute atomic E-state index is 12.6. The Kier molecular flexibility index (Phi) is 6.63. The number of carbonyl (C=O) groups excluding carboxylic acids is 1. The number of benzene rings is 1. The number of nitrogens with one attached hydrogen (secondary N) is 1. The number of rotatable bonds is 6. The molecule has 146 valence electrons. The summed E-state index contributed by atoms with van der Waals surface area (Å²) in [5.74, 6) is 0.466. The summed E-state index contributed by atoms with van der Waals surface area (Å²) >= 11 is 1.71. The highest BCUT2D eigenvalue weighted by atomic mass is 32.1. The molecule has 27 heavy (non-hydrogen) atoms. The van der Waals surface area contributed by atoms with Gasteiger partial charge in [0.15, 0.2) is 0 Å². The number of para-hydroxylation sites is 1. The van der Waals surface area contributed by atoms with Crippen LogP contribution in [0.5, 0.6) is 0 Å². The number of hydrogen-bond acceptors (Lipinski definition) is 5. The van der Waals surface area contributed by atoms with Gasteiger partial charge >= 0.3 is 0 Å². The number of nitrogens with zero attached hydrogens (tertiary/aromatic N) is 3. The first-order valence-electron chi connectivity index (χ1n) is 9.67. The third-order valence-electron chi connectivity index (χ3n) is 5.08. The molecule has 6 heteroatoms. The number of hydrogen-bond donors (Lipinski definition) is 1. The summed E-state index contributed by atoms with van der Waals surface area (Å²) < 4.78 is 0. The molecule has 1 aliphatic heterocycles. The molecule has 1 N–H and O–H groups in total. The lowest BCUT2D eigenvalue weighted by molar-refractivity contribution is -0.117. The molecule has 2 aromatic rings. The van der Waals surface area contributed by atoms with Crippen molar-refractivity contribution in [2.75, 3.05) is 38.0 Å². The third kappa shape index (κ3) is 5.37. The maximum Gasteiger partial charge on any atom is 0.238 e. The van der Waals surface area contributed by atoms with Crippen LogP contribution < -0.4 is 5.32 Å². The quantitative estimate of drug-likeness (QED) is 0.823. The van der Waals surface area contributed by atoms with Crippen molar-refractivity contribution in [3.05, 3.63) is 45.4 Å². The smallest absolute Gasteiger partial charge is 0.238 e. The first-order valence-corrected chi connectivity index (χ1v) is 10.6. The first-order chi connectivity index (χ1) is 12.9. The molecule has 1 fully saturated rings. The number of carbonyl (C=O) groups is 1. The fourth-order valence-corrected chi connectivity index (χ4v) is 4.14. The lowest BCUT2D eigenvalue weighted by Gasteiger charge is -2.34. The number of aryl methyl sites for hydroxylation is 2. The number of anilines is 1. The van der Waals surface area contributed by atoms with E-state index in [1.54, 1.807) is 11.3 Å². The van der Waals surface area contributed by atoms with Crippen LogP contribution in [0.1, 0.15) is 41.6 Å². The Bertz CT molecular complexity index is 778. The SMILES string of the molecule is Cc1nc(CN2CCN(CC(=O)Nc3c(C)cccc3C(C)C)CC2)cs1. The summed E-state index contributed by atoms with van der Waals surface area (Å²) in [4.78, 5) is 21.8. The zero-order valence-corrected chi connectivity index (χ0v) is 17.6. The Morgan fingerprint density at radius 1 is 1.19 bits per heavy atom. The van der Waals surface area contributed by atoms with E-state index in [1.807, 2.05) is 6.92 Å². The number of thiazole rings is 1. The molecule has 1 aliphatic rings. The second-order valence-corrected chi connectivity index (χ2v) is 8.71. The molecule has 0 aliphatic carbocycles. The second-order valence-electron chi connectivity index (χ2n) is 7.65. The van der Waals surface area contributed by atoms with Gasteiger partial charge in [0.2, 0.25) is 5.91 Å². The molecule has 0 atom stereocenters. The zero-order chi connectivity index (χ0) is 19.4. The van der Waals surface area contributed by atoms with Gasteiger partial charge in [-0.25, -0.2) is 4.98 Å². The van der Waals surface area contributed by atoms with Crippen LogP contribution in [-0.4, -0.2) is 53.4 Å². The van der Waals surface area contributed by atoms with E-state index in [4.69, 9.17) is 0 Å². The van der Waals surface area contributed by atoms with Crippen LogP contribution in [0.15, 0.2) is 23.6 Å². The van der Waals surface area contributed by atoms with Crippen LogP contribution in [0.3, 0.4) is 0 Å². The number of aromatic nitrogens is 1. The van der Waals surface area contributed by atoms with Gasteiger partial charge in [0.25, 0.3) is 0 Å². The van der Waals surface area contributed by atoms with Gasteiger partial charge in [0.1, 0.15) is 0 Å². The van der Waals surface area contributed by atoms with E-state index >= 15 is 0 Å². The third-order valence-corrected chi connectivity index (χ3v) is 5.90. The lowest BCUT2D eigenvalue weighted by atomic mass is 9.98. The van der Waals surface area contributed by atoms with E-state index in [1.165, 1.54) is 5.56 Å². The summed E-state index contributed by atoms with van der Waals surface area (Å²) in [6.45, 7) is 13.6. The molecule has 1 aromatic heterocycles. The first kappa shape index (κ1) is 20.0. The molecule has 3 rings (SSSR count). The summed E-state index contributed by atoms with van der Waals surface area (Å²) in [6, 6.07) is 6.22. The van der Waals surface area contributed by atoms with E-state index < -0.39 is 0 Å². The normalized spacial score (nSPS) is 16.0. The summed E-state index contributed by atoms with van der Waals surface area (Å²) in [7, 11) is 0. The molecule has 0 bridgehead atoms.